The molecular weight excluding hydrogens is 508 g/mol. The summed E-state index contributed by atoms with van der Waals surface area (Å²) < 4.78 is 13.4. The normalized spacial score (nSPS) is 24.5. The van der Waals surface area contributed by atoms with Crippen molar-refractivity contribution in [2.24, 2.45) is 10.7 Å². The zero-order valence-corrected chi connectivity index (χ0v) is 21.3. The number of nitrogens with zero attached hydrogens (tertiary/aromatic N) is 1. The number of aliphatic hydroxyl groups is 1. The smallest absolute Gasteiger partial charge is 0.267 e. The molecule has 4 N–H and O–H groups in total. The van der Waals surface area contributed by atoms with E-state index in [1.807, 2.05) is 6.08 Å². The number of amides is 1. The number of hydrogen-bond donors (Lipinski definition) is 3. The first-order chi connectivity index (χ1) is 16.8. The summed E-state index contributed by atoms with van der Waals surface area (Å²) in [4.78, 5) is 17.9. The molecule has 2 fully saturated rings. The SMILES string of the molecule is NC(C(=O)N[C@@H]1CCCC[C@H]1O)=C1CSC/C(=C\c2ccc(F)cc2)C1=Nc1ccc(Cl)cc1Cl. The molecule has 0 radical (unpaired) electrons. The van der Waals surface area contributed by atoms with Gasteiger partial charge in [-0.25, -0.2) is 9.38 Å². The van der Waals surface area contributed by atoms with E-state index in [1.165, 1.54) is 12.1 Å². The van der Waals surface area contributed by atoms with E-state index < -0.39 is 12.0 Å². The van der Waals surface area contributed by atoms with E-state index in [1.54, 1.807) is 42.1 Å². The third-order valence-electron chi connectivity index (χ3n) is 6.06. The fraction of sp³-hybridized carbons (Fsp3) is 0.308. The molecule has 4 rings (SSSR count). The zero-order chi connectivity index (χ0) is 24.9. The van der Waals surface area contributed by atoms with Crippen molar-refractivity contribution in [3.63, 3.8) is 0 Å². The van der Waals surface area contributed by atoms with Crippen molar-refractivity contribution in [2.75, 3.05) is 11.5 Å². The summed E-state index contributed by atoms with van der Waals surface area (Å²) in [6.45, 7) is 0. The maximum atomic E-state index is 13.4. The minimum absolute atomic E-state index is 0.0591. The summed E-state index contributed by atoms with van der Waals surface area (Å²) in [5.41, 5.74) is 9.72. The predicted octanol–water partition coefficient (Wildman–Crippen LogP) is 5.67. The van der Waals surface area contributed by atoms with Crippen LogP contribution in [-0.4, -0.2) is 40.4 Å². The van der Waals surface area contributed by atoms with E-state index in [-0.39, 0.29) is 17.6 Å². The van der Waals surface area contributed by atoms with Crippen molar-refractivity contribution >= 4 is 58.3 Å². The first-order valence-electron chi connectivity index (χ1n) is 11.4. The fourth-order valence-electron chi connectivity index (χ4n) is 4.16. The van der Waals surface area contributed by atoms with Crippen LogP contribution in [0.3, 0.4) is 0 Å². The highest BCUT2D eigenvalue weighted by Crippen LogP contribution is 2.33. The Morgan fingerprint density at radius 1 is 1.14 bits per heavy atom. The van der Waals surface area contributed by atoms with Gasteiger partial charge in [-0.3, -0.25) is 4.79 Å². The van der Waals surface area contributed by atoms with E-state index in [4.69, 9.17) is 33.9 Å². The van der Waals surface area contributed by atoms with Crippen molar-refractivity contribution in [1.82, 2.24) is 5.32 Å². The molecule has 35 heavy (non-hydrogen) atoms. The number of hydrogen-bond acceptors (Lipinski definition) is 5. The Morgan fingerprint density at radius 3 is 2.60 bits per heavy atom. The second-order valence-electron chi connectivity index (χ2n) is 8.59. The lowest BCUT2D eigenvalue weighted by Gasteiger charge is -2.29. The number of benzene rings is 2. The molecule has 1 aliphatic carbocycles. The Bertz CT molecular complexity index is 1200. The largest absolute Gasteiger partial charge is 0.394 e. The van der Waals surface area contributed by atoms with Gasteiger partial charge >= 0.3 is 0 Å². The maximum Gasteiger partial charge on any atom is 0.267 e. The van der Waals surface area contributed by atoms with Crippen LogP contribution in [0.2, 0.25) is 10.0 Å². The van der Waals surface area contributed by atoms with Gasteiger partial charge in [0.1, 0.15) is 11.5 Å². The summed E-state index contributed by atoms with van der Waals surface area (Å²) in [6, 6.07) is 10.8. The Kier molecular flexibility index (Phi) is 8.55. The van der Waals surface area contributed by atoms with Gasteiger partial charge in [0.05, 0.1) is 28.6 Å². The van der Waals surface area contributed by atoms with Gasteiger partial charge in [-0.1, -0.05) is 48.2 Å². The molecule has 2 aromatic rings. The molecule has 1 heterocycles. The monoisotopic (exact) mass is 533 g/mol. The quantitative estimate of drug-likeness (QED) is 0.442. The van der Waals surface area contributed by atoms with Gasteiger partial charge in [0, 0.05) is 22.1 Å². The standard InChI is InChI=1S/C26H26Cl2FN3O2S/c27-17-7-10-21(20(28)12-17)31-25-16(11-15-5-8-18(29)9-6-15)13-35-14-19(25)24(30)26(34)32-22-3-1-2-4-23(22)33/h5-12,22-23,33H,1-4,13-14,30H2,(H,32,34)/b16-11+,24-19?,31-25?/t22-,23-/m1/s1. The number of nitrogens with two attached hydrogens (primary N) is 1. The number of carbonyl (C=O) groups excluding carboxylic acids is 1. The van der Waals surface area contributed by atoms with Crippen LogP contribution in [0.25, 0.3) is 6.08 Å². The van der Waals surface area contributed by atoms with Crippen molar-refractivity contribution in [3.05, 3.63) is 80.7 Å². The number of rotatable bonds is 4. The van der Waals surface area contributed by atoms with Crippen molar-refractivity contribution in [3.8, 4) is 0 Å². The van der Waals surface area contributed by atoms with E-state index in [2.05, 4.69) is 5.32 Å². The van der Waals surface area contributed by atoms with Gasteiger partial charge in [-0.2, -0.15) is 11.8 Å². The molecule has 1 saturated heterocycles. The van der Waals surface area contributed by atoms with Crippen LogP contribution in [0.4, 0.5) is 10.1 Å². The molecule has 1 aliphatic heterocycles. The number of aliphatic imine (C=N–C) groups is 1. The first-order valence-corrected chi connectivity index (χ1v) is 13.3. The van der Waals surface area contributed by atoms with Crippen LogP contribution in [0.15, 0.2) is 64.3 Å². The van der Waals surface area contributed by atoms with Crippen molar-refractivity contribution in [1.29, 1.82) is 0 Å². The minimum atomic E-state index is -0.582. The van der Waals surface area contributed by atoms with E-state index in [9.17, 15) is 14.3 Å². The third-order valence-corrected chi connectivity index (χ3v) is 7.61. The average Bonchev–Trinajstić information content (AvgIpc) is 2.84. The van der Waals surface area contributed by atoms with Gasteiger partial charge in [0.2, 0.25) is 0 Å². The number of halogens is 3. The molecule has 0 bridgehead atoms. The molecule has 1 amide bonds. The maximum absolute atomic E-state index is 13.4. The Hall–Kier alpha value is -2.32. The lowest BCUT2D eigenvalue weighted by Crippen LogP contribution is -2.47. The fourth-order valence-corrected chi connectivity index (χ4v) is 5.65. The molecule has 184 valence electrons. The second-order valence-corrected chi connectivity index (χ2v) is 10.4. The summed E-state index contributed by atoms with van der Waals surface area (Å²) in [6.07, 6.45) is 4.58. The number of nitrogens with one attached hydrogen (secondary N) is 1. The molecule has 0 spiro atoms. The number of carbonyl (C=O) groups is 1. The van der Waals surface area contributed by atoms with Crippen LogP contribution >= 0.6 is 35.0 Å². The Labute approximate surface area is 218 Å². The van der Waals surface area contributed by atoms with Crippen LogP contribution in [0.1, 0.15) is 31.2 Å². The average molecular weight is 534 g/mol. The highest BCUT2D eigenvalue weighted by Gasteiger charge is 2.29. The molecule has 0 unspecified atom stereocenters. The molecule has 1 saturated carbocycles. The van der Waals surface area contributed by atoms with Gasteiger partial charge < -0.3 is 16.2 Å². The van der Waals surface area contributed by atoms with Gasteiger partial charge in [0.25, 0.3) is 5.91 Å². The number of thioether (sulfide) groups is 1. The van der Waals surface area contributed by atoms with E-state index in [0.29, 0.717) is 51.4 Å². The predicted molar refractivity (Wildman–Crippen MR) is 143 cm³/mol. The van der Waals surface area contributed by atoms with Crippen LogP contribution in [-0.2, 0) is 4.79 Å². The molecule has 0 aromatic heterocycles. The van der Waals surface area contributed by atoms with E-state index in [0.717, 1.165) is 24.0 Å². The molecule has 9 heteroatoms. The molecule has 2 aliphatic rings. The van der Waals surface area contributed by atoms with Gasteiger partial charge in [0.15, 0.2) is 0 Å². The van der Waals surface area contributed by atoms with E-state index >= 15 is 0 Å². The number of aliphatic hydroxyl groups excluding tert-OH is 1. The Balaban J connectivity index is 1.75. The third kappa shape index (κ3) is 6.47. The topological polar surface area (TPSA) is 87.7 Å². The lowest BCUT2D eigenvalue weighted by atomic mass is 9.92. The highest BCUT2D eigenvalue weighted by molar-refractivity contribution is 7.99. The van der Waals surface area contributed by atoms with Crippen LogP contribution in [0.5, 0.6) is 0 Å². The highest BCUT2D eigenvalue weighted by atomic mass is 35.5. The van der Waals surface area contributed by atoms with Crippen LogP contribution < -0.4 is 11.1 Å². The minimum Gasteiger partial charge on any atom is -0.394 e. The summed E-state index contributed by atoms with van der Waals surface area (Å²) in [5, 5.41) is 14.0. The lowest BCUT2D eigenvalue weighted by molar-refractivity contribution is -0.119. The van der Waals surface area contributed by atoms with Gasteiger partial charge in [-0.15, -0.1) is 0 Å². The molecular formula is C26H26Cl2FN3O2S. The molecule has 2 atom stereocenters. The Morgan fingerprint density at radius 2 is 1.89 bits per heavy atom. The molecule has 2 aromatic carbocycles. The molecule has 5 nitrogen and oxygen atoms in total. The van der Waals surface area contributed by atoms with Crippen LogP contribution in [0, 0.1) is 5.82 Å². The first kappa shape index (κ1) is 25.8. The van der Waals surface area contributed by atoms with Crippen molar-refractivity contribution in [2.45, 2.75) is 37.8 Å². The second kappa shape index (κ2) is 11.6. The summed E-state index contributed by atoms with van der Waals surface area (Å²) >= 11 is 14.1. The van der Waals surface area contributed by atoms with Gasteiger partial charge in [-0.05, 0) is 60.4 Å². The zero-order valence-electron chi connectivity index (χ0n) is 18.9. The summed E-state index contributed by atoms with van der Waals surface area (Å²) in [7, 11) is 0. The summed E-state index contributed by atoms with van der Waals surface area (Å²) in [5.74, 6) is 0.362. The van der Waals surface area contributed by atoms with Crippen molar-refractivity contribution < 1.29 is 14.3 Å².